The van der Waals surface area contributed by atoms with Crippen molar-refractivity contribution in [2.75, 3.05) is 13.1 Å². The summed E-state index contributed by atoms with van der Waals surface area (Å²) in [6.07, 6.45) is -0.204. The van der Waals surface area contributed by atoms with Crippen molar-refractivity contribution in [1.29, 1.82) is 0 Å². The van der Waals surface area contributed by atoms with Gasteiger partial charge in [-0.05, 0) is 41.5 Å². The number of hydrogen-bond acceptors (Lipinski definition) is 1. The fourth-order valence-corrected chi connectivity index (χ4v) is 2.37. The molecule has 80 valence electrons. The Morgan fingerprint density at radius 3 is 1.46 bits per heavy atom. The maximum Gasteiger partial charge on any atom is 0.105 e. The van der Waals surface area contributed by atoms with Crippen LogP contribution >= 0.6 is 0 Å². The lowest BCUT2D eigenvalue weighted by Gasteiger charge is -2.46. The molecular weight excluding hydrogens is 162 g/mol. The summed E-state index contributed by atoms with van der Waals surface area (Å²) in [6.45, 7) is 15.0. The van der Waals surface area contributed by atoms with Gasteiger partial charge in [-0.3, -0.25) is 0 Å². The predicted octanol–water partition coefficient (Wildman–Crippen LogP) is 2.02. The van der Waals surface area contributed by atoms with Crippen molar-refractivity contribution in [3.63, 3.8) is 0 Å². The van der Waals surface area contributed by atoms with Crippen molar-refractivity contribution in [2.45, 2.75) is 59.7 Å². The van der Waals surface area contributed by atoms with Gasteiger partial charge in [-0.25, -0.2) is 0 Å². The zero-order valence-electron chi connectivity index (χ0n) is 10.0. The maximum absolute atomic E-state index is 9.50. The number of quaternary nitrogens is 1. The number of aliphatic hydroxyl groups is 1. The highest BCUT2D eigenvalue weighted by Crippen LogP contribution is 2.19. The average Bonchev–Trinajstić information content (AvgIpc) is 1.98. The second-order valence-electron chi connectivity index (χ2n) is 4.64. The predicted molar refractivity (Wildman–Crippen MR) is 57.6 cm³/mol. The highest BCUT2D eigenvalue weighted by molar-refractivity contribution is 4.56. The number of hydrogen-bond donors (Lipinski definition) is 1. The lowest BCUT2D eigenvalue weighted by atomic mass is 10.1. The van der Waals surface area contributed by atoms with E-state index in [4.69, 9.17) is 0 Å². The van der Waals surface area contributed by atoms with Gasteiger partial charge in [0.05, 0.1) is 18.6 Å². The second kappa shape index (κ2) is 4.97. The van der Waals surface area contributed by atoms with Gasteiger partial charge in [0.15, 0.2) is 0 Å². The first-order chi connectivity index (χ1) is 5.86. The SMILES string of the molecule is CC[N+](CC(C)O)(C(C)C)C(C)C. The monoisotopic (exact) mass is 188 g/mol. The molecule has 1 N–H and O–H groups in total. The standard InChI is InChI=1S/C11H26NO/c1-7-12(9(2)3,10(4)5)8-11(6)13/h9-11,13H,7-8H2,1-6H3/q+1. The van der Waals surface area contributed by atoms with Crippen LogP contribution in [0.4, 0.5) is 0 Å². The molecule has 0 amide bonds. The molecule has 0 fully saturated rings. The Morgan fingerprint density at radius 1 is 1.00 bits per heavy atom. The van der Waals surface area contributed by atoms with E-state index in [2.05, 4.69) is 34.6 Å². The van der Waals surface area contributed by atoms with E-state index in [1.165, 1.54) is 0 Å². The Kier molecular flexibility index (Phi) is 4.93. The van der Waals surface area contributed by atoms with Crippen LogP contribution in [0.25, 0.3) is 0 Å². The quantitative estimate of drug-likeness (QED) is 0.654. The summed E-state index contributed by atoms with van der Waals surface area (Å²) >= 11 is 0. The molecule has 0 aliphatic carbocycles. The van der Waals surface area contributed by atoms with E-state index in [0.717, 1.165) is 17.6 Å². The molecule has 0 aliphatic rings. The molecule has 0 aromatic heterocycles. The molecular formula is C11H26NO+. The minimum absolute atomic E-state index is 0.204. The van der Waals surface area contributed by atoms with Crippen LogP contribution in [0.1, 0.15) is 41.5 Å². The number of nitrogens with zero attached hydrogens (tertiary/aromatic N) is 1. The fourth-order valence-electron chi connectivity index (χ4n) is 2.37. The molecule has 0 heterocycles. The molecule has 0 rings (SSSR count). The summed E-state index contributed by atoms with van der Waals surface area (Å²) in [7, 11) is 0. The number of rotatable bonds is 5. The first-order valence-electron chi connectivity index (χ1n) is 5.41. The van der Waals surface area contributed by atoms with Gasteiger partial charge in [-0.2, -0.15) is 0 Å². The van der Waals surface area contributed by atoms with E-state index in [0.29, 0.717) is 12.1 Å². The zero-order valence-corrected chi connectivity index (χ0v) is 10.0. The Balaban J connectivity index is 4.65. The minimum Gasteiger partial charge on any atom is -0.388 e. The van der Waals surface area contributed by atoms with Crippen LogP contribution in [0.15, 0.2) is 0 Å². The van der Waals surface area contributed by atoms with Crippen LogP contribution in [0, 0.1) is 0 Å². The number of likely N-dealkylation sites (N-methyl/N-ethyl adjacent to an activating group) is 1. The normalized spacial score (nSPS) is 15.5. The molecule has 0 aromatic rings. The molecule has 0 bridgehead atoms. The molecule has 0 spiro atoms. The Hall–Kier alpha value is -0.0800. The second-order valence-corrected chi connectivity index (χ2v) is 4.64. The molecule has 0 saturated carbocycles. The molecule has 0 saturated heterocycles. The van der Waals surface area contributed by atoms with Crippen LogP contribution in [0.3, 0.4) is 0 Å². The van der Waals surface area contributed by atoms with Crippen LogP contribution in [-0.4, -0.2) is 40.9 Å². The highest BCUT2D eigenvalue weighted by atomic mass is 16.3. The lowest BCUT2D eigenvalue weighted by Crippen LogP contribution is -2.60. The first kappa shape index (κ1) is 12.9. The Bertz CT molecular complexity index is 133. The van der Waals surface area contributed by atoms with Crippen molar-refractivity contribution >= 4 is 0 Å². The number of aliphatic hydroxyl groups excluding tert-OH is 1. The average molecular weight is 188 g/mol. The van der Waals surface area contributed by atoms with Gasteiger partial charge in [0.1, 0.15) is 12.6 Å². The molecule has 0 aliphatic heterocycles. The van der Waals surface area contributed by atoms with Crippen molar-refractivity contribution < 1.29 is 9.59 Å². The molecule has 1 atom stereocenters. The molecule has 13 heavy (non-hydrogen) atoms. The lowest BCUT2D eigenvalue weighted by molar-refractivity contribution is -0.967. The van der Waals surface area contributed by atoms with Crippen LogP contribution in [-0.2, 0) is 0 Å². The van der Waals surface area contributed by atoms with Crippen molar-refractivity contribution in [3.05, 3.63) is 0 Å². The summed E-state index contributed by atoms with van der Waals surface area (Å²) < 4.78 is 1.01. The summed E-state index contributed by atoms with van der Waals surface area (Å²) in [5.74, 6) is 0. The van der Waals surface area contributed by atoms with E-state index >= 15 is 0 Å². The molecule has 2 heteroatoms. The van der Waals surface area contributed by atoms with Crippen LogP contribution < -0.4 is 0 Å². The fraction of sp³-hybridized carbons (Fsp3) is 1.00. The molecule has 2 nitrogen and oxygen atoms in total. The molecule has 1 unspecified atom stereocenters. The summed E-state index contributed by atoms with van der Waals surface area (Å²) in [4.78, 5) is 0. The topological polar surface area (TPSA) is 20.2 Å². The van der Waals surface area contributed by atoms with Gasteiger partial charge in [-0.15, -0.1) is 0 Å². The van der Waals surface area contributed by atoms with Gasteiger partial charge in [0.2, 0.25) is 0 Å². The van der Waals surface area contributed by atoms with Crippen molar-refractivity contribution in [2.24, 2.45) is 0 Å². The third-order valence-electron chi connectivity index (χ3n) is 3.25. The van der Waals surface area contributed by atoms with Gasteiger partial charge in [-0.1, -0.05) is 0 Å². The molecule has 0 aromatic carbocycles. The minimum atomic E-state index is -0.204. The maximum atomic E-state index is 9.50. The summed E-state index contributed by atoms with van der Waals surface area (Å²) in [5, 5.41) is 9.50. The van der Waals surface area contributed by atoms with Crippen LogP contribution in [0.2, 0.25) is 0 Å². The largest absolute Gasteiger partial charge is 0.388 e. The van der Waals surface area contributed by atoms with E-state index in [1.807, 2.05) is 6.92 Å². The van der Waals surface area contributed by atoms with Gasteiger partial charge < -0.3 is 9.59 Å². The van der Waals surface area contributed by atoms with Gasteiger partial charge in [0, 0.05) is 0 Å². The third-order valence-corrected chi connectivity index (χ3v) is 3.25. The first-order valence-corrected chi connectivity index (χ1v) is 5.41. The summed E-state index contributed by atoms with van der Waals surface area (Å²) in [6, 6.07) is 1.17. The van der Waals surface area contributed by atoms with E-state index < -0.39 is 0 Å². The zero-order chi connectivity index (χ0) is 10.6. The van der Waals surface area contributed by atoms with Gasteiger partial charge in [0.25, 0.3) is 0 Å². The highest BCUT2D eigenvalue weighted by Gasteiger charge is 2.33. The molecule has 0 radical (unpaired) electrons. The smallest absolute Gasteiger partial charge is 0.105 e. The summed E-state index contributed by atoms with van der Waals surface area (Å²) in [5.41, 5.74) is 0. The Labute approximate surface area is 83.2 Å². The Morgan fingerprint density at radius 2 is 1.38 bits per heavy atom. The van der Waals surface area contributed by atoms with Crippen molar-refractivity contribution in [3.8, 4) is 0 Å². The van der Waals surface area contributed by atoms with Gasteiger partial charge >= 0.3 is 0 Å². The third kappa shape index (κ3) is 2.96. The van der Waals surface area contributed by atoms with Crippen LogP contribution in [0.5, 0.6) is 0 Å². The van der Waals surface area contributed by atoms with E-state index in [-0.39, 0.29) is 6.10 Å². The van der Waals surface area contributed by atoms with E-state index in [1.54, 1.807) is 0 Å². The van der Waals surface area contributed by atoms with E-state index in [9.17, 15) is 5.11 Å². The van der Waals surface area contributed by atoms with Crippen molar-refractivity contribution in [1.82, 2.24) is 0 Å².